The number of nitro benzene ring substituents is 1. The van der Waals surface area contributed by atoms with Gasteiger partial charge in [0.1, 0.15) is 0 Å². The maximum Gasteiger partial charge on any atom is 0.269 e. The first-order valence-electron chi connectivity index (χ1n) is 4.67. The molecule has 0 atom stereocenters. The minimum atomic E-state index is -0.515. The van der Waals surface area contributed by atoms with Crippen LogP contribution in [0.4, 0.5) is 5.69 Å². The first kappa shape index (κ1) is 11.7. The quantitative estimate of drug-likeness (QED) is 0.355. The van der Waals surface area contributed by atoms with Gasteiger partial charge in [-0.05, 0) is 12.1 Å². The van der Waals surface area contributed by atoms with Crippen molar-refractivity contribution >= 4 is 11.6 Å². The van der Waals surface area contributed by atoms with Gasteiger partial charge in [0.25, 0.3) is 11.6 Å². The third-order valence-corrected chi connectivity index (χ3v) is 1.78. The number of hydrogen-bond donors (Lipinski definition) is 1. The van der Waals surface area contributed by atoms with Crippen LogP contribution in [0.1, 0.15) is 23.7 Å². The van der Waals surface area contributed by atoms with Crippen molar-refractivity contribution in [3.63, 3.8) is 0 Å². The van der Waals surface area contributed by atoms with E-state index in [2.05, 4.69) is 17.3 Å². The molecule has 0 heterocycles. The van der Waals surface area contributed by atoms with E-state index in [1.807, 2.05) is 6.92 Å². The van der Waals surface area contributed by atoms with Crippen molar-refractivity contribution in [1.82, 2.24) is 5.32 Å². The smallest absolute Gasteiger partial charge is 0.269 e. The number of nitrogens with zero attached hydrogens (tertiary/aromatic N) is 1. The molecule has 16 heavy (non-hydrogen) atoms. The van der Waals surface area contributed by atoms with E-state index in [1.165, 1.54) is 24.3 Å². The average molecular weight is 218 g/mol. The molecule has 0 spiro atoms. The molecule has 1 amide bonds. The number of nitrogens with one attached hydrogen (secondary N) is 1. The predicted molar refractivity (Wildman–Crippen MR) is 58.6 cm³/mol. The van der Waals surface area contributed by atoms with E-state index < -0.39 is 4.92 Å². The van der Waals surface area contributed by atoms with Gasteiger partial charge in [-0.25, -0.2) is 0 Å². The Balaban J connectivity index is 2.74. The molecule has 0 saturated carbocycles. The van der Waals surface area contributed by atoms with Crippen LogP contribution in [-0.2, 0) is 0 Å². The number of carbonyl (C=O) groups excluding carboxylic acids is 1. The summed E-state index contributed by atoms with van der Waals surface area (Å²) in [7, 11) is 0. The van der Waals surface area contributed by atoms with E-state index >= 15 is 0 Å². The van der Waals surface area contributed by atoms with Gasteiger partial charge in [0.05, 0.1) is 4.92 Å². The third kappa shape index (κ3) is 3.10. The summed E-state index contributed by atoms with van der Waals surface area (Å²) in [5.41, 5.74) is 0.298. The molecule has 5 nitrogen and oxygen atoms in total. The summed E-state index contributed by atoms with van der Waals surface area (Å²) >= 11 is 0. The lowest BCUT2D eigenvalue weighted by Crippen LogP contribution is -2.17. The van der Waals surface area contributed by atoms with Gasteiger partial charge in [0.15, 0.2) is 0 Å². The number of amides is 1. The van der Waals surface area contributed by atoms with Crippen molar-refractivity contribution in [3.8, 4) is 12.0 Å². The van der Waals surface area contributed by atoms with Crippen molar-refractivity contribution in [3.05, 3.63) is 39.9 Å². The molecule has 1 aromatic carbocycles. The maximum atomic E-state index is 11.4. The molecule has 0 aliphatic rings. The Morgan fingerprint density at radius 3 is 2.56 bits per heavy atom. The second-order valence-corrected chi connectivity index (χ2v) is 2.91. The van der Waals surface area contributed by atoms with Crippen molar-refractivity contribution in [2.45, 2.75) is 13.3 Å². The molecule has 0 bridgehead atoms. The highest BCUT2D eigenvalue weighted by Gasteiger charge is 2.07. The van der Waals surface area contributed by atoms with E-state index in [-0.39, 0.29) is 11.6 Å². The molecule has 0 radical (unpaired) electrons. The van der Waals surface area contributed by atoms with Crippen molar-refractivity contribution in [1.29, 1.82) is 0 Å². The summed E-state index contributed by atoms with van der Waals surface area (Å²) in [5.74, 6) is 2.32. The molecule has 0 aromatic heterocycles. The fourth-order valence-corrected chi connectivity index (χ4v) is 0.996. The third-order valence-electron chi connectivity index (χ3n) is 1.78. The topological polar surface area (TPSA) is 72.2 Å². The molecule has 0 saturated heterocycles. The van der Waals surface area contributed by atoms with Gasteiger partial charge in [-0.3, -0.25) is 20.2 Å². The monoisotopic (exact) mass is 218 g/mol. The van der Waals surface area contributed by atoms with Gasteiger partial charge in [0.2, 0.25) is 0 Å². The number of rotatable bonds is 2. The Labute approximate surface area is 92.6 Å². The number of nitro groups is 1. The summed E-state index contributed by atoms with van der Waals surface area (Å²) < 4.78 is 0. The summed E-state index contributed by atoms with van der Waals surface area (Å²) in [6, 6.07) is 7.83. The number of non-ortho nitro benzene ring substituents is 1. The zero-order valence-electron chi connectivity index (χ0n) is 8.69. The second-order valence-electron chi connectivity index (χ2n) is 2.91. The lowest BCUT2D eigenvalue weighted by Gasteiger charge is -1.97. The second kappa shape index (κ2) is 5.51. The lowest BCUT2D eigenvalue weighted by atomic mass is 10.2. The minimum Gasteiger partial charge on any atom is -0.281 e. The largest absolute Gasteiger partial charge is 0.281 e. The molecule has 0 unspecified atom stereocenters. The van der Waals surface area contributed by atoms with Crippen molar-refractivity contribution < 1.29 is 9.72 Å². The molecule has 82 valence electrons. The highest BCUT2D eigenvalue weighted by atomic mass is 16.6. The van der Waals surface area contributed by atoms with Crippen LogP contribution in [0.5, 0.6) is 0 Å². The van der Waals surface area contributed by atoms with E-state index in [9.17, 15) is 14.9 Å². The summed E-state index contributed by atoms with van der Waals surface area (Å²) in [6.07, 6.45) is 0.653. The number of carbonyl (C=O) groups is 1. The van der Waals surface area contributed by atoms with E-state index in [0.717, 1.165) is 0 Å². The van der Waals surface area contributed by atoms with Gasteiger partial charge in [-0.1, -0.05) is 12.8 Å². The van der Waals surface area contributed by atoms with E-state index in [4.69, 9.17) is 0 Å². The van der Waals surface area contributed by atoms with Gasteiger partial charge < -0.3 is 0 Å². The Morgan fingerprint density at radius 1 is 1.44 bits per heavy atom. The zero-order chi connectivity index (χ0) is 12.0. The molecule has 1 aromatic rings. The standard InChI is InChI=1S/C11H10N2O3/c1-2-3-8-12-11(14)9-4-6-10(7-5-9)13(15)16/h4-7H,2H2,1H3,(H,12,14). The van der Waals surface area contributed by atoms with E-state index in [0.29, 0.717) is 12.0 Å². The molecule has 0 fully saturated rings. The summed E-state index contributed by atoms with van der Waals surface area (Å²) in [4.78, 5) is 21.3. The van der Waals surface area contributed by atoms with Crippen LogP contribution < -0.4 is 5.32 Å². The van der Waals surface area contributed by atoms with Crippen molar-refractivity contribution in [2.24, 2.45) is 0 Å². The van der Waals surface area contributed by atoms with Crippen LogP contribution >= 0.6 is 0 Å². The Kier molecular flexibility index (Phi) is 4.04. The first-order valence-corrected chi connectivity index (χ1v) is 4.67. The average Bonchev–Trinajstić information content (AvgIpc) is 2.29. The lowest BCUT2D eigenvalue weighted by molar-refractivity contribution is -0.384. The Morgan fingerprint density at radius 2 is 2.06 bits per heavy atom. The van der Waals surface area contributed by atoms with E-state index in [1.54, 1.807) is 0 Å². The Bertz CT molecular complexity index is 454. The van der Waals surface area contributed by atoms with Crippen LogP contribution in [0.25, 0.3) is 0 Å². The fourth-order valence-electron chi connectivity index (χ4n) is 0.996. The molecular weight excluding hydrogens is 208 g/mol. The van der Waals surface area contributed by atoms with Gasteiger partial charge in [-0.15, -0.1) is 0 Å². The van der Waals surface area contributed by atoms with Crippen LogP contribution in [0.15, 0.2) is 24.3 Å². The molecule has 0 aliphatic carbocycles. The minimum absolute atomic E-state index is 0.0452. The van der Waals surface area contributed by atoms with Gasteiger partial charge >= 0.3 is 0 Å². The molecule has 5 heteroatoms. The highest BCUT2D eigenvalue weighted by molar-refractivity contribution is 5.95. The van der Waals surface area contributed by atoms with Crippen molar-refractivity contribution in [2.75, 3.05) is 0 Å². The molecule has 1 rings (SSSR count). The molecule has 1 N–H and O–H groups in total. The SMILES string of the molecule is CCC#CNC(=O)c1ccc([N+](=O)[O-])cc1. The maximum absolute atomic E-state index is 11.4. The van der Waals surface area contributed by atoms with Gasteiger partial charge in [0, 0.05) is 30.2 Å². The normalized spacial score (nSPS) is 8.81. The van der Waals surface area contributed by atoms with Crippen LogP contribution in [0, 0.1) is 22.1 Å². The van der Waals surface area contributed by atoms with Gasteiger partial charge in [-0.2, -0.15) is 0 Å². The molecular formula is C11H10N2O3. The van der Waals surface area contributed by atoms with Crippen LogP contribution in [0.2, 0.25) is 0 Å². The highest BCUT2D eigenvalue weighted by Crippen LogP contribution is 2.11. The first-order chi connectivity index (χ1) is 7.65. The number of hydrogen-bond acceptors (Lipinski definition) is 3. The van der Waals surface area contributed by atoms with Crippen LogP contribution in [-0.4, -0.2) is 10.8 Å². The van der Waals surface area contributed by atoms with Crippen LogP contribution in [0.3, 0.4) is 0 Å². The summed E-state index contributed by atoms with van der Waals surface area (Å²) in [6.45, 7) is 1.87. The summed E-state index contributed by atoms with van der Waals surface area (Å²) in [5, 5.41) is 12.8. The molecule has 0 aliphatic heterocycles. The predicted octanol–water partition coefficient (Wildman–Crippen LogP) is 1.70. The Hall–Kier alpha value is -2.35. The zero-order valence-corrected chi connectivity index (χ0v) is 8.69. The fraction of sp³-hybridized carbons (Fsp3) is 0.182. The number of benzene rings is 1.